The summed E-state index contributed by atoms with van der Waals surface area (Å²) in [5.74, 6) is -0.172. The number of nitrogens with one attached hydrogen (secondary N) is 1. The molecule has 4 nitrogen and oxygen atoms in total. The van der Waals surface area contributed by atoms with Crippen LogP contribution in [0.1, 0.15) is 18.4 Å². The Morgan fingerprint density at radius 2 is 2.00 bits per heavy atom. The Balaban J connectivity index is 1.61. The molecule has 1 aromatic carbocycles. The molecule has 0 radical (unpaired) electrons. The molecule has 3 rings (SSSR count). The lowest BCUT2D eigenvalue weighted by Gasteiger charge is -2.33. The summed E-state index contributed by atoms with van der Waals surface area (Å²) < 4.78 is 27.3. The van der Waals surface area contributed by atoms with E-state index >= 15 is 0 Å². The number of halogens is 2. The zero-order chi connectivity index (χ0) is 15.4. The molecule has 0 spiro atoms. The molecule has 0 amide bonds. The second-order valence-corrected chi connectivity index (χ2v) is 5.45. The molecule has 1 aromatic heterocycles. The molecule has 1 atom stereocenters. The van der Waals surface area contributed by atoms with Gasteiger partial charge < -0.3 is 10.2 Å². The van der Waals surface area contributed by atoms with Crippen LogP contribution in [-0.4, -0.2) is 29.3 Å². The van der Waals surface area contributed by atoms with Crippen molar-refractivity contribution in [2.45, 2.75) is 25.4 Å². The first-order valence-corrected chi connectivity index (χ1v) is 7.43. The molecule has 22 heavy (non-hydrogen) atoms. The van der Waals surface area contributed by atoms with Gasteiger partial charge in [0.1, 0.15) is 11.6 Å². The molecule has 1 fully saturated rings. The molecule has 2 aromatic rings. The van der Waals surface area contributed by atoms with Gasteiger partial charge in [-0.2, -0.15) is 5.10 Å². The lowest BCUT2D eigenvalue weighted by Crippen LogP contribution is -2.46. The number of piperidine rings is 1. The average Bonchev–Trinajstić information content (AvgIpc) is 2.55. The van der Waals surface area contributed by atoms with Crippen LogP contribution in [0.25, 0.3) is 0 Å². The molecule has 0 unspecified atom stereocenters. The second kappa shape index (κ2) is 6.79. The fraction of sp³-hybridized carbons (Fsp3) is 0.375. The van der Waals surface area contributed by atoms with E-state index in [1.165, 1.54) is 18.2 Å². The van der Waals surface area contributed by atoms with Crippen molar-refractivity contribution in [2.75, 3.05) is 18.0 Å². The quantitative estimate of drug-likeness (QED) is 0.942. The minimum absolute atomic E-state index is 0.0964. The molecule has 6 heteroatoms. The highest BCUT2D eigenvalue weighted by Gasteiger charge is 2.21. The van der Waals surface area contributed by atoms with Crippen LogP contribution < -0.4 is 10.2 Å². The Kier molecular flexibility index (Phi) is 4.58. The first-order valence-electron chi connectivity index (χ1n) is 7.43. The van der Waals surface area contributed by atoms with Gasteiger partial charge in [-0.15, -0.1) is 5.10 Å². The van der Waals surface area contributed by atoms with Gasteiger partial charge in [0.15, 0.2) is 5.82 Å². The molecule has 1 aliphatic rings. The predicted molar refractivity (Wildman–Crippen MR) is 80.5 cm³/mol. The van der Waals surface area contributed by atoms with Crippen molar-refractivity contribution >= 4 is 5.82 Å². The third kappa shape index (κ3) is 3.39. The maximum Gasteiger partial charge on any atom is 0.151 e. The van der Waals surface area contributed by atoms with E-state index in [1.807, 2.05) is 12.1 Å². The number of rotatable bonds is 4. The first-order chi connectivity index (χ1) is 10.7. The first kappa shape index (κ1) is 14.8. The molecule has 2 heterocycles. The van der Waals surface area contributed by atoms with Gasteiger partial charge in [-0.25, -0.2) is 8.78 Å². The maximum absolute atomic E-state index is 13.6. The summed E-state index contributed by atoms with van der Waals surface area (Å²) in [6, 6.07) is 7.90. The molecule has 0 aliphatic carbocycles. The van der Waals surface area contributed by atoms with E-state index < -0.39 is 11.6 Å². The number of hydrogen-bond acceptors (Lipinski definition) is 4. The highest BCUT2D eigenvalue weighted by atomic mass is 19.1. The van der Waals surface area contributed by atoms with Crippen molar-refractivity contribution in [1.82, 2.24) is 15.5 Å². The molecular formula is C16H18F2N4. The van der Waals surface area contributed by atoms with Gasteiger partial charge in [-0.3, -0.25) is 0 Å². The van der Waals surface area contributed by atoms with E-state index in [4.69, 9.17) is 0 Å². The van der Waals surface area contributed by atoms with E-state index in [2.05, 4.69) is 20.4 Å². The Bertz CT molecular complexity index is 601. The monoisotopic (exact) mass is 304 g/mol. The molecule has 0 saturated carbocycles. The van der Waals surface area contributed by atoms with Crippen molar-refractivity contribution in [3.63, 3.8) is 0 Å². The molecule has 1 aliphatic heterocycles. The van der Waals surface area contributed by atoms with Gasteiger partial charge in [0.25, 0.3) is 0 Å². The Morgan fingerprint density at radius 3 is 2.73 bits per heavy atom. The fourth-order valence-electron chi connectivity index (χ4n) is 2.76. The van der Waals surface area contributed by atoms with E-state index in [9.17, 15) is 8.78 Å². The van der Waals surface area contributed by atoms with E-state index in [1.54, 1.807) is 6.20 Å². The third-order valence-corrected chi connectivity index (χ3v) is 3.93. The van der Waals surface area contributed by atoms with Crippen LogP contribution in [0.5, 0.6) is 0 Å². The summed E-state index contributed by atoms with van der Waals surface area (Å²) in [7, 11) is 0. The highest BCUT2D eigenvalue weighted by molar-refractivity contribution is 5.37. The van der Waals surface area contributed by atoms with E-state index in [0.717, 1.165) is 31.7 Å². The number of anilines is 1. The van der Waals surface area contributed by atoms with Gasteiger partial charge in [0, 0.05) is 37.4 Å². The minimum Gasteiger partial charge on any atom is -0.354 e. The number of benzene rings is 1. The summed E-state index contributed by atoms with van der Waals surface area (Å²) >= 11 is 0. The summed E-state index contributed by atoms with van der Waals surface area (Å²) in [6.07, 6.45) is 3.63. The van der Waals surface area contributed by atoms with Crippen molar-refractivity contribution in [3.05, 3.63) is 53.7 Å². The van der Waals surface area contributed by atoms with E-state index in [0.29, 0.717) is 0 Å². The minimum atomic E-state index is -0.505. The standard InChI is InChI=1S/C16H18F2N4/c17-14-5-1-6-15(18)13(14)10-19-12-4-3-9-22(11-12)16-7-2-8-20-21-16/h1-2,5-8,12,19H,3-4,9-11H2/t12-/m0/s1. The Hall–Kier alpha value is -2.08. The van der Waals surface area contributed by atoms with Gasteiger partial charge in [0.05, 0.1) is 0 Å². The van der Waals surface area contributed by atoms with Gasteiger partial charge in [-0.1, -0.05) is 6.07 Å². The van der Waals surface area contributed by atoms with Crippen LogP contribution in [0, 0.1) is 11.6 Å². The second-order valence-electron chi connectivity index (χ2n) is 5.45. The van der Waals surface area contributed by atoms with Crippen LogP contribution in [0.3, 0.4) is 0 Å². The largest absolute Gasteiger partial charge is 0.354 e. The zero-order valence-electron chi connectivity index (χ0n) is 12.2. The van der Waals surface area contributed by atoms with Crippen molar-refractivity contribution in [3.8, 4) is 0 Å². The lowest BCUT2D eigenvalue weighted by molar-refractivity contribution is 0.410. The molecule has 1 N–H and O–H groups in total. The summed E-state index contributed by atoms with van der Waals surface area (Å²) in [5.41, 5.74) is 0.0964. The molecule has 1 saturated heterocycles. The number of hydrogen-bond donors (Lipinski definition) is 1. The Morgan fingerprint density at radius 1 is 1.18 bits per heavy atom. The smallest absolute Gasteiger partial charge is 0.151 e. The normalized spacial score (nSPS) is 18.5. The maximum atomic E-state index is 13.6. The zero-order valence-corrected chi connectivity index (χ0v) is 12.2. The van der Waals surface area contributed by atoms with Gasteiger partial charge >= 0.3 is 0 Å². The summed E-state index contributed by atoms with van der Waals surface area (Å²) in [5, 5.41) is 11.3. The van der Waals surface area contributed by atoms with Crippen molar-refractivity contribution in [2.24, 2.45) is 0 Å². The van der Waals surface area contributed by atoms with Crippen LogP contribution in [0.4, 0.5) is 14.6 Å². The molecular weight excluding hydrogens is 286 g/mol. The van der Waals surface area contributed by atoms with Crippen LogP contribution in [0.15, 0.2) is 36.5 Å². The van der Waals surface area contributed by atoms with Crippen LogP contribution in [-0.2, 0) is 6.54 Å². The number of nitrogens with zero attached hydrogens (tertiary/aromatic N) is 3. The molecule has 0 bridgehead atoms. The summed E-state index contributed by atoms with van der Waals surface area (Å²) in [6.45, 7) is 1.87. The van der Waals surface area contributed by atoms with Gasteiger partial charge in [0.2, 0.25) is 0 Å². The third-order valence-electron chi connectivity index (χ3n) is 3.93. The van der Waals surface area contributed by atoms with E-state index in [-0.39, 0.29) is 18.2 Å². The topological polar surface area (TPSA) is 41.0 Å². The number of aromatic nitrogens is 2. The SMILES string of the molecule is Fc1cccc(F)c1CN[C@H]1CCCN(c2cccnn2)C1. The summed E-state index contributed by atoms with van der Waals surface area (Å²) in [4.78, 5) is 2.14. The van der Waals surface area contributed by atoms with Crippen LogP contribution in [0.2, 0.25) is 0 Å². The Labute approximate surface area is 128 Å². The van der Waals surface area contributed by atoms with Crippen LogP contribution >= 0.6 is 0 Å². The predicted octanol–water partition coefficient (Wildman–Crippen LogP) is 2.51. The van der Waals surface area contributed by atoms with Crippen molar-refractivity contribution in [1.29, 1.82) is 0 Å². The fourth-order valence-corrected chi connectivity index (χ4v) is 2.76. The van der Waals surface area contributed by atoms with Crippen molar-refractivity contribution < 1.29 is 8.78 Å². The molecule has 116 valence electrons. The van der Waals surface area contributed by atoms with Gasteiger partial charge in [-0.05, 0) is 37.1 Å². The lowest BCUT2D eigenvalue weighted by atomic mass is 10.0. The average molecular weight is 304 g/mol. The highest BCUT2D eigenvalue weighted by Crippen LogP contribution is 2.18.